The second kappa shape index (κ2) is 5.63. The van der Waals surface area contributed by atoms with Crippen molar-refractivity contribution in [2.24, 2.45) is 0 Å². The number of halogens is 3. The van der Waals surface area contributed by atoms with Gasteiger partial charge in [-0.05, 0) is 24.3 Å². The molecule has 0 spiro atoms. The van der Waals surface area contributed by atoms with E-state index in [4.69, 9.17) is 39.5 Å². The molecule has 2 rings (SSSR count). The molecule has 0 bridgehead atoms. The molecule has 0 aliphatic carbocycles. The lowest BCUT2D eigenvalue weighted by Crippen LogP contribution is -1.90. The van der Waals surface area contributed by atoms with Crippen LogP contribution < -0.4 is 4.74 Å². The van der Waals surface area contributed by atoms with E-state index in [1.807, 2.05) is 18.2 Å². The molecule has 0 amide bonds. The normalized spacial score (nSPS) is 10.3. The van der Waals surface area contributed by atoms with Gasteiger partial charge in [0.1, 0.15) is 11.5 Å². The summed E-state index contributed by atoms with van der Waals surface area (Å²) in [4.78, 5) is 0. The van der Waals surface area contributed by atoms with Gasteiger partial charge in [0.25, 0.3) is 0 Å². The first-order chi connectivity index (χ1) is 8.20. The van der Waals surface area contributed by atoms with E-state index in [1.54, 1.807) is 24.3 Å². The number of para-hydroxylation sites is 1. The summed E-state index contributed by atoms with van der Waals surface area (Å²) in [5.74, 6) is 1.57. The zero-order valence-electron chi connectivity index (χ0n) is 8.79. The molecule has 0 unspecified atom stereocenters. The fourth-order valence-electron chi connectivity index (χ4n) is 1.38. The molecule has 17 heavy (non-hydrogen) atoms. The first-order valence-corrected chi connectivity index (χ1v) is 6.26. The van der Waals surface area contributed by atoms with Crippen molar-refractivity contribution >= 4 is 34.8 Å². The molecule has 0 atom stereocenters. The summed E-state index contributed by atoms with van der Waals surface area (Å²) in [5, 5.41) is 1.15. The molecular formula is C13H9Cl3O. The van der Waals surface area contributed by atoms with Crippen molar-refractivity contribution in [2.45, 2.75) is 5.88 Å². The summed E-state index contributed by atoms with van der Waals surface area (Å²) in [6.45, 7) is 0. The lowest BCUT2D eigenvalue weighted by molar-refractivity contribution is 0.478. The highest BCUT2D eigenvalue weighted by Crippen LogP contribution is 2.33. The van der Waals surface area contributed by atoms with Crippen LogP contribution in [0, 0.1) is 0 Å². The smallest absolute Gasteiger partial charge is 0.146 e. The Balaban J connectivity index is 2.35. The Hall–Kier alpha value is -0.890. The summed E-state index contributed by atoms with van der Waals surface area (Å²) < 4.78 is 5.71. The Morgan fingerprint density at radius 3 is 2.41 bits per heavy atom. The largest absolute Gasteiger partial charge is 0.455 e. The van der Waals surface area contributed by atoms with Gasteiger partial charge in [-0.1, -0.05) is 41.4 Å². The van der Waals surface area contributed by atoms with Crippen molar-refractivity contribution < 1.29 is 4.74 Å². The van der Waals surface area contributed by atoms with Gasteiger partial charge in [0.2, 0.25) is 0 Å². The van der Waals surface area contributed by atoms with E-state index in [1.165, 1.54) is 0 Å². The summed E-state index contributed by atoms with van der Waals surface area (Å²) in [6.07, 6.45) is 0. The van der Waals surface area contributed by atoms with Crippen molar-refractivity contribution in [3.63, 3.8) is 0 Å². The fraction of sp³-hybridized carbons (Fsp3) is 0.0769. The standard InChI is InChI=1S/C13H9Cl3O/c14-8-9-5-6-10(15)7-13(9)17-12-4-2-1-3-11(12)16/h1-7H,8H2. The van der Waals surface area contributed by atoms with E-state index >= 15 is 0 Å². The Labute approximate surface area is 115 Å². The highest BCUT2D eigenvalue weighted by Gasteiger charge is 2.07. The molecule has 0 aliphatic rings. The maximum atomic E-state index is 6.02. The van der Waals surface area contributed by atoms with Crippen molar-refractivity contribution in [3.05, 3.63) is 58.1 Å². The van der Waals surface area contributed by atoms with Gasteiger partial charge in [-0.2, -0.15) is 0 Å². The van der Waals surface area contributed by atoms with E-state index in [2.05, 4.69) is 0 Å². The molecule has 1 nitrogen and oxygen atoms in total. The molecule has 0 radical (unpaired) electrons. The zero-order chi connectivity index (χ0) is 12.3. The monoisotopic (exact) mass is 286 g/mol. The third-order valence-electron chi connectivity index (χ3n) is 2.23. The van der Waals surface area contributed by atoms with Crippen LogP contribution in [0.2, 0.25) is 10.0 Å². The molecule has 0 saturated heterocycles. The molecule has 0 saturated carbocycles. The molecule has 0 N–H and O–H groups in total. The minimum atomic E-state index is 0.358. The second-order valence-corrected chi connectivity index (χ2v) is 4.53. The molecule has 2 aromatic rings. The summed E-state index contributed by atoms with van der Waals surface area (Å²) in [6, 6.07) is 12.6. The van der Waals surface area contributed by atoms with Gasteiger partial charge in [0.15, 0.2) is 0 Å². The quantitative estimate of drug-likeness (QED) is 0.675. The van der Waals surface area contributed by atoms with E-state index < -0.39 is 0 Å². The molecule has 4 heteroatoms. The van der Waals surface area contributed by atoms with Crippen LogP contribution in [0.15, 0.2) is 42.5 Å². The van der Waals surface area contributed by atoms with Gasteiger partial charge in [0.05, 0.1) is 10.9 Å². The molecular weight excluding hydrogens is 279 g/mol. The van der Waals surface area contributed by atoms with Crippen LogP contribution in [0.4, 0.5) is 0 Å². The van der Waals surface area contributed by atoms with Gasteiger partial charge < -0.3 is 4.74 Å². The van der Waals surface area contributed by atoms with Crippen LogP contribution in [-0.4, -0.2) is 0 Å². The Bertz CT molecular complexity index is 526. The SMILES string of the molecule is ClCc1ccc(Cl)cc1Oc1ccccc1Cl. The Morgan fingerprint density at radius 1 is 0.941 bits per heavy atom. The first kappa shape index (κ1) is 12.6. The van der Waals surface area contributed by atoms with Crippen LogP contribution in [0.1, 0.15) is 5.56 Å². The second-order valence-electron chi connectivity index (χ2n) is 3.42. The molecule has 0 aromatic heterocycles. The van der Waals surface area contributed by atoms with Crippen LogP contribution in [-0.2, 0) is 5.88 Å². The molecule has 2 aromatic carbocycles. The van der Waals surface area contributed by atoms with Gasteiger partial charge >= 0.3 is 0 Å². The third-order valence-corrected chi connectivity index (χ3v) is 3.07. The lowest BCUT2D eigenvalue weighted by atomic mass is 10.2. The predicted molar refractivity (Wildman–Crippen MR) is 72.5 cm³/mol. The van der Waals surface area contributed by atoms with E-state index in [0.717, 1.165) is 5.56 Å². The predicted octanol–water partition coefficient (Wildman–Crippen LogP) is 5.52. The van der Waals surface area contributed by atoms with Crippen LogP contribution in [0.25, 0.3) is 0 Å². The molecule has 0 aliphatic heterocycles. The van der Waals surface area contributed by atoms with Crippen molar-refractivity contribution in [3.8, 4) is 11.5 Å². The topological polar surface area (TPSA) is 9.23 Å². The number of hydrogen-bond acceptors (Lipinski definition) is 1. The number of benzene rings is 2. The van der Waals surface area contributed by atoms with Gasteiger partial charge in [-0.15, -0.1) is 11.6 Å². The minimum Gasteiger partial charge on any atom is -0.455 e. The Kier molecular flexibility index (Phi) is 4.16. The number of ether oxygens (including phenoxy) is 1. The van der Waals surface area contributed by atoms with Crippen LogP contribution >= 0.6 is 34.8 Å². The van der Waals surface area contributed by atoms with Crippen LogP contribution in [0.5, 0.6) is 11.5 Å². The lowest BCUT2D eigenvalue weighted by Gasteiger charge is -2.11. The van der Waals surface area contributed by atoms with E-state index in [0.29, 0.717) is 27.4 Å². The van der Waals surface area contributed by atoms with E-state index in [-0.39, 0.29) is 0 Å². The van der Waals surface area contributed by atoms with Crippen molar-refractivity contribution in [1.29, 1.82) is 0 Å². The first-order valence-electron chi connectivity index (χ1n) is 4.97. The molecule has 88 valence electrons. The average molecular weight is 288 g/mol. The number of hydrogen-bond donors (Lipinski definition) is 0. The average Bonchev–Trinajstić information content (AvgIpc) is 2.32. The zero-order valence-corrected chi connectivity index (χ0v) is 11.1. The Morgan fingerprint density at radius 2 is 1.71 bits per heavy atom. The maximum Gasteiger partial charge on any atom is 0.146 e. The highest BCUT2D eigenvalue weighted by atomic mass is 35.5. The van der Waals surface area contributed by atoms with Gasteiger partial charge in [0, 0.05) is 10.6 Å². The summed E-state index contributed by atoms with van der Waals surface area (Å²) >= 11 is 17.8. The van der Waals surface area contributed by atoms with Crippen LogP contribution in [0.3, 0.4) is 0 Å². The molecule has 0 heterocycles. The fourth-order valence-corrected chi connectivity index (χ4v) is 1.94. The maximum absolute atomic E-state index is 6.02. The highest BCUT2D eigenvalue weighted by molar-refractivity contribution is 6.32. The minimum absolute atomic E-state index is 0.358. The molecule has 0 fully saturated rings. The van der Waals surface area contributed by atoms with E-state index in [9.17, 15) is 0 Å². The summed E-state index contributed by atoms with van der Waals surface area (Å²) in [5.41, 5.74) is 0.871. The summed E-state index contributed by atoms with van der Waals surface area (Å²) in [7, 11) is 0. The third kappa shape index (κ3) is 3.06. The van der Waals surface area contributed by atoms with Crippen molar-refractivity contribution in [1.82, 2.24) is 0 Å². The van der Waals surface area contributed by atoms with Gasteiger partial charge in [-0.3, -0.25) is 0 Å². The van der Waals surface area contributed by atoms with Crippen molar-refractivity contribution in [2.75, 3.05) is 0 Å². The number of alkyl halides is 1. The van der Waals surface area contributed by atoms with Gasteiger partial charge in [-0.25, -0.2) is 0 Å². The number of rotatable bonds is 3.